The molecule has 0 N–H and O–H groups in total. The molecule has 0 radical (unpaired) electrons. The third kappa shape index (κ3) is 4.52. The number of hydrogen-bond donors (Lipinski definition) is 0. The average Bonchev–Trinajstić information content (AvgIpc) is 2.72. The number of anilines is 1. The van der Waals surface area contributed by atoms with Crippen LogP contribution < -0.4 is 13.8 Å². The van der Waals surface area contributed by atoms with Crippen LogP contribution in [0, 0.1) is 0 Å². The van der Waals surface area contributed by atoms with Gasteiger partial charge in [-0.1, -0.05) is 23.2 Å². The van der Waals surface area contributed by atoms with E-state index in [1.54, 1.807) is 18.2 Å². The van der Waals surface area contributed by atoms with E-state index >= 15 is 0 Å². The van der Waals surface area contributed by atoms with E-state index in [0.29, 0.717) is 17.1 Å². The lowest BCUT2D eigenvalue weighted by atomic mass is 10.2. The van der Waals surface area contributed by atoms with Gasteiger partial charge in [-0.2, -0.15) is 0 Å². The summed E-state index contributed by atoms with van der Waals surface area (Å²) in [5.74, 6) is 1.19. The van der Waals surface area contributed by atoms with Crippen molar-refractivity contribution in [2.24, 2.45) is 0 Å². The summed E-state index contributed by atoms with van der Waals surface area (Å²) in [7, 11) is -1.12. The van der Waals surface area contributed by atoms with E-state index in [1.165, 1.54) is 44.9 Å². The fourth-order valence-corrected chi connectivity index (χ4v) is 4.60. The number of benzene rings is 1. The van der Waals surface area contributed by atoms with Gasteiger partial charge in [-0.25, -0.2) is 27.7 Å². The van der Waals surface area contributed by atoms with Crippen LogP contribution in [-0.2, 0) is 16.6 Å². The van der Waals surface area contributed by atoms with Gasteiger partial charge in [0.15, 0.2) is 5.15 Å². The maximum absolute atomic E-state index is 13.4. The van der Waals surface area contributed by atoms with Gasteiger partial charge in [0.1, 0.15) is 33.7 Å². The molecule has 0 aliphatic heterocycles. The van der Waals surface area contributed by atoms with E-state index < -0.39 is 10.0 Å². The molecule has 0 fully saturated rings. The van der Waals surface area contributed by atoms with Crippen molar-refractivity contribution in [2.45, 2.75) is 11.4 Å². The molecular formula is C18H16Cl2N4O4S. The van der Waals surface area contributed by atoms with Crippen molar-refractivity contribution in [3.8, 4) is 11.5 Å². The zero-order valence-corrected chi connectivity index (χ0v) is 17.7. The highest BCUT2D eigenvalue weighted by atomic mass is 35.5. The quantitative estimate of drug-likeness (QED) is 0.503. The first-order chi connectivity index (χ1) is 13.9. The molecule has 0 aliphatic carbocycles. The molecule has 0 saturated carbocycles. The Morgan fingerprint density at radius 3 is 2.48 bits per heavy atom. The van der Waals surface area contributed by atoms with Crippen LogP contribution in [0.2, 0.25) is 10.3 Å². The van der Waals surface area contributed by atoms with E-state index in [1.807, 2.05) is 0 Å². The van der Waals surface area contributed by atoms with Gasteiger partial charge < -0.3 is 9.47 Å². The molecule has 0 saturated heterocycles. The monoisotopic (exact) mass is 454 g/mol. The van der Waals surface area contributed by atoms with Crippen molar-refractivity contribution in [1.29, 1.82) is 0 Å². The van der Waals surface area contributed by atoms with Crippen LogP contribution in [-0.4, -0.2) is 37.6 Å². The molecule has 0 unspecified atom stereocenters. The zero-order valence-electron chi connectivity index (χ0n) is 15.4. The first-order valence-corrected chi connectivity index (χ1v) is 10.4. The lowest BCUT2D eigenvalue weighted by Gasteiger charge is -2.24. The predicted octanol–water partition coefficient (Wildman–Crippen LogP) is 3.59. The Balaban J connectivity index is 2.12. The maximum Gasteiger partial charge on any atom is 0.268 e. The molecule has 2 heterocycles. The van der Waals surface area contributed by atoms with Crippen LogP contribution in [0.25, 0.3) is 0 Å². The van der Waals surface area contributed by atoms with Crippen LogP contribution in [0.4, 0.5) is 5.82 Å². The molecule has 0 atom stereocenters. The van der Waals surface area contributed by atoms with E-state index in [9.17, 15) is 8.42 Å². The SMILES string of the molecule is COc1ccc(CN(c2ccncn2)S(=O)(=O)c2ccc(Cl)nc2Cl)c(OC)c1. The fourth-order valence-electron chi connectivity index (χ4n) is 2.57. The number of ether oxygens (including phenoxy) is 2. The van der Waals surface area contributed by atoms with Gasteiger partial charge in [-0.15, -0.1) is 0 Å². The van der Waals surface area contributed by atoms with Crippen LogP contribution in [0.1, 0.15) is 5.56 Å². The van der Waals surface area contributed by atoms with E-state index in [4.69, 9.17) is 32.7 Å². The first-order valence-electron chi connectivity index (χ1n) is 8.18. The fraction of sp³-hybridized carbons (Fsp3) is 0.167. The Labute approximate surface area is 178 Å². The summed E-state index contributed by atoms with van der Waals surface area (Å²) in [6, 6.07) is 9.21. The third-order valence-corrected chi connectivity index (χ3v) is 6.37. The number of rotatable bonds is 7. The van der Waals surface area contributed by atoms with E-state index in [2.05, 4.69) is 15.0 Å². The van der Waals surface area contributed by atoms with Gasteiger partial charge >= 0.3 is 0 Å². The minimum Gasteiger partial charge on any atom is -0.497 e. The van der Waals surface area contributed by atoms with Crippen molar-refractivity contribution >= 4 is 39.0 Å². The summed E-state index contributed by atoms with van der Waals surface area (Å²) in [6.07, 6.45) is 2.70. The Morgan fingerprint density at radius 1 is 1.07 bits per heavy atom. The molecule has 1 aromatic carbocycles. The molecule has 0 spiro atoms. The summed E-state index contributed by atoms with van der Waals surface area (Å²) in [4.78, 5) is 11.6. The summed E-state index contributed by atoms with van der Waals surface area (Å²) in [6.45, 7) is -0.0779. The number of hydrogen-bond acceptors (Lipinski definition) is 7. The second kappa shape index (κ2) is 8.81. The van der Waals surface area contributed by atoms with Gasteiger partial charge in [0.05, 0.1) is 20.8 Å². The summed E-state index contributed by atoms with van der Waals surface area (Å²) in [5.41, 5.74) is 0.591. The summed E-state index contributed by atoms with van der Waals surface area (Å²) in [5, 5.41) is -0.155. The second-order valence-corrected chi connectivity index (χ2v) is 8.26. The average molecular weight is 455 g/mol. The second-order valence-electron chi connectivity index (χ2n) is 5.68. The van der Waals surface area contributed by atoms with Crippen LogP contribution in [0.3, 0.4) is 0 Å². The highest BCUT2D eigenvalue weighted by Gasteiger charge is 2.30. The van der Waals surface area contributed by atoms with E-state index in [0.717, 1.165) is 4.31 Å². The largest absolute Gasteiger partial charge is 0.497 e. The van der Waals surface area contributed by atoms with Crippen molar-refractivity contribution in [2.75, 3.05) is 18.5 Å². The smallest absolute Gasteiger partial charge is 0.268 e. The molecule has 3 rings (SSSR count). The van der Waals surface area contributed by atoms with Crippen molar-refractivity contribution < 1.29 is 17.9 Å². The van der Waals surface area contributed by atoms with Crippen LogP contribution in [0.15, 0.2) is 53.8 Å². The van der Waals surface area contributed by atoms with Crippen LogP contribution >= 0.6 is 23.2 Å². The van der Waals surface area contributed by atoms with Crippen molar-refractivity contribution in [1.82, 2.24) is 15.0 Å². The lowest BCUT2D eigenvalue weighted by Crippen LogP contribution is -2.32. The van der Waals surface area contributed by atoms with Gasteiger partial charge in [0, 0.05) is 23.9 Å². The number of nitrogens with zero attached hydrogens (tertiary/aromatic N) is 4. The van der Waals surface area contributed by atoms with Gasteiger partial charge in [0.25, 0.3) is 10.0 Å². The highest BCUT2D eigenvalue weighted by Crippen LogP contribution is 2.32. The molecule has 29 heavy (non-hydrogen) atoms. The van der Waals surface area contributed by atoms with Crippen molar-refractivity contribution in [3.63, 3.8) is 0 Å². The molecular weight excluding hydrogens is 439 g/mol. The maximum atomic E-state index is 13.4. The van der Waals surface area contributed by atoms with E-state index in [-0.39, 0.29) is 27.6 Å². The van der Waals surface area contributed by atoms with Gasteiger partial charge in [-0.3, -0.25) is 0 Å². The number of halogens is 2. The Morgan fingerprint density at radius 2 is 1.86 bits per heavy atom. The molecule has 0 aliphatic rings. The zero-order chi connectivity index (χ0) is 21.0. The lowest BCUT2D eigenvalue weighted by molar-refractivity contribution is 0.391. The Hall–Kier alpha value is -2.62. The third-order valence-electron chi connectivity index (χ3n) is 3.98. The Bertz CT molecular complexity index is 1110. The number of pyridine rings is 1. The predicted molar refractivity (Wildman–Crippen MR) is 109 cm³/mol. The summed E-state index contributed by atoms with van der Waals surface area (Å²) >= 11 is 11.9. The Kier molecular flexibility index (Phi) is 6.41. The number of methoxy groups -OCH3 is 2. The van der Waals surface area contributed by atoms with Crippen molar-refractivity contribution in [3.05, 3.63) is 64.8 Å². The van der Waals surface area contributed by atoms with Gasteiger partial charge in [-0.05, 0) is 24.3 Å². The molecule has 3 aromatic rings. The molecule has 0 amide bonds. The number of sulfonamides is 1. The minimum atomic E-state index is -4.14. The van der Waals surface area contributed by atoms with Gasteiger partial charge in [0.2, 0.25) is 0 Å². The molecule has 11 heteroatoms. The standard InChI is InChI=1S/C18H16Cl2N4O4S/c1-27-13-4-3-12(14(9-13)28-2)10-24(17-7-8-21-11-22-17)29(25,26)15-5-6-16(19)23-18(15)20/h3-9,11H,10H2,1-2H3. The van der Waals surface area contributed by atoms with Crippen LogP contribution in [0.5, 0.6) is 11.5 Å². The topological polar surface area (TPSA) is 94.5 Å². The molecule has 2 aromatic heterocycles. The first kappa shape index (κ1) is 21.1. The summed E-state index contributed by atoms with van der Waals surface area (Å²) < 4.78 is 38.5. The minimum absolute atomic E-state index is 0.0779. The molecule has 152 valence electrons. The number of aromatic nitrogens is 3. The normalized spacial score (nSPS) is 11.2. The molecule has 0 bridgehead atoms. The molecule has 8 nitrogen and oxygen atoms in total. The highest BCUT2D eigenvalue weighted by molar-refractivity contribution is 7.92.